The van der Waals surface area contributed by atoms with Crippen molar-refractivity contribution in [2.24, 2.45) is 5.41 Å². The van der Waals surface area contributed by atoms with Crippen molar-refractivity contribution in [2.45, 2.75) is 25.3 Å². The zero-order valence-corrected chi connectivity index (χ0v) is 8.65. The fourth-order valence-corrected chi connectivity index (χ4v) is 3.29. The van der Waals surface area contributed by atoms with Crippen LogP contribution in [-0.4, -0.2) is 33.8 Å². The van der Waals surface area contributed by atoms with Gasteiger partial charge in [0.2, 0.25) is 10.0 Å². The molecule has 2 aliphatic rings. The van der Waals surface area contributed by atoms with E-state index in [0.29, 0.717) is 5.41 Å². The quantitative estimate of drug-likeness (QED) is 0.648. The highest BCUT2D eigenvalue weighted by Gasteiger charge is 2.46. The van der Waals surface area contributed by atoms with Crippen molar-refractivity contribution in [3.63, 3.8) is 0 Å². The molecule has 1 spiro atoms. The molecule has 0 atom stereocenters. The smallest absolute Gasteiger partial charge is 0.208 e. The SMILES string of the molecule is CS(=O)(=O)N[C@H]1C[C@@]2(CCNC2)C1. The van der Waals surface area contributed by atoms with Crippen LogP contribution in [0.15, 0.2) is 0 Å². The molecule has 2 N–H and O–H groups in total. The van der Waals surface area contributed by atoms with E-state index in [0.717, 1.165) is 25.9 Å². The Hall–Kier alpha value is -0.130. The van der Waals surface area contributed by atoms with E-state index >= 15 is 0 Å². The van der Waals surface area contributed by atoms with Crippen molar-refractivity contribution < 1.29 is 8.42 Å². The van der Waals surface area contributed by atoms with Crippen LogP contribution >= 0.6 is 0 Å². The molecule has 2 rings (SSSR count). The topological polar surface area (TPSA) is 58.2 Å². The van der Waals surface area contributed by atoms with Gasteiger partial charge in [-0.2, -0.15) is 0 Å². The van der Waals surface area contributed by atoms with E-state index in [2.05, 4.69) is 10.0 Å². The van der Waals surface area contributed by atoms with E-state index in [1.807, 2.05) is 0 Å². The number of nitrogens with one attached hydrogen (secondary N) is 2. The van der Waals surface area contributed by atoms with Crippen LogP contribution in [0.25, 0.3) is 0 Å². The van der Waals surface area contributed by atoms with Gasteiger partial charge in [-0.25, -0.2) is 13.1 Å². The predicted octanol–water partition coefficient (Wildman–Crippen LogP) is -0.322. The third-order valence-electron chi connectivity index (χ3n) is 3.07. The van der Waals surface area contributed by atoms with Gasteiger partial charge in [0.25, 0.3) is 0 Å². The van der Waals surface area contributed by atoms with Crippen molar-refractivity contribution in [1.82, 2.24) is 10.0 Å². The molecule has 1 heterocycles. The molecule has 0 aromatic carbocycles. The van der Waals surface area contributed by atoms with E-state index in [9.17, 15) is 8.42 Å². The lowest BCUT2D eigenvalue weighted by atomic mass is 9.65. The second kappa shape index (κ2) is 2.93. The lowest BCUT2D eigenvalue weighted by Gasteiger charge is -2.44. The zero-order valence-electron chi connectivity index (χ0n) is 7.84. The Morgan fingerprint density at radius 3 is 2.62 bits per heavy atom. The Morgan fingerprint density at radius 1 is 1.46 bits per heavy atom. The lowest BCUT2D eigenvalue weighted by Crippen LogP contribution is -2.51. The molecule has 1 saturated heterocycles. The number of hydrogen-bond donors (Lipinski definition) is 2. The molecular formula is C8H16N2O2S. The van der Waals surface area contributed by atoms with E-state index < -0.39 is 10.0 Å². The van der Waals surface area contributed by atoms with Crippen molar-refractivity contribution in [2.75, 3.05) is 19.3 Å². The summed E-state index contributed by atoms with van der Waals surface area (Å²) in [5.41, 5.74) is 0.419. The summed E-state index contributed by atoms with van der Waals surface area (Å²) in [7, 11) is -3.00. The maximum atomic E-state index is 10.9. The first-order valence-electron chi connectivity index (χ1n) is 4.67. The number of hydrogen-bond acceptors (Lipinski definition) is 3. The molecular weight excluding hydrogens is 188 g/mol. The summed E-state index contributed by atoms with van der Waals surface area (Å²) >= 11 is 0. The van der Waals surface area contributed by atoms with Gasteiger partial charge in [0.15, 0.2) is 0 Å². The van der Waals surface area contributed by atoms with Crippen LogP contribution in [0.5, 0.6) is 0 Å². The Morgan fingerprint density at radius 2 is 2.15 bits per heavy atom. The molecule has 1 saturated carbocycles. The minimum absolute atomic E-state index is 0.190. The van der Waals surface area contributed by atoms with Crippen LogP contribution < -0.4 is 10.0 Å². The first-order valence-corrected chi connectivity index (χ1v) is 6.56. The minimum Gasteiger partial charge on any atom is -0.316 e. The van der Waals surface area contributed by atoms with Gasteiger partial charge in [-0.15, -0.1) is 0 Å². The molecule has 76 valence electrons. The Kier molecular flexibility index (Phi) is 2.13. The Balaban J connectivity index is 1.84. The highest BCUT2D eigenvalue weighted by atomic mass is 32.2. The third kappa shape index (κ3) is 2.03. The molecule has 0 unspecified atom stereocenters. The Bertz CT molecular complexity index is 285. The largest absolute Gasteiger partial charge is 0.316 e. The lowest BCUT2D eigenvalue weighted by molar-refractivity contribution is 0.120. The summed E-state index contributed by atoms with van der Waals surface area (Å²) in [5.74, 6) is 0. The first-order chi connectivity index (χ1) is 5.99. The van der Waals surface area contributed by atoms with Gasteiger partial charge in [0.05, 0.1) is 6.26 Å². The zero-order chi connectivity index (χ0) is 9.53. The van der Waals surface area contributed by atoms with Crippen molar-refractivity contribution >= 4 is 10.0 Å². The molecule has 0 aromatic rings. The highest BCUT2D eigenvalue weighted by Crippen LogP contribution is 2.45. The van der Waals surface area contributed by atoms with E-state index in [4.69, 9.17) is 0 Å². The van der Waals surface area contributed by atoms with Crippen molar-refractivity contribution in [3.8, 4) is 0 Å². The molecule has 2 fully saturated rings. The van der Waals surface area contributed by atoms with Gasteiger partial charge in [-0.1, -0.05) is 0 Å². The fourth-order valence-electron chi connectivity index (χ4n) is 2.52. The average Bonchev–Trinajstić information content (AvgIpc) is 2.30. The van der Waals surface area contributed by atoms with E-state index in [1.54, 1.807) is 0 Å². The van der Waals surface area contributed by atoms with Crippen LogP contribution in [0.2, 0.25) is 0 Å². The standard InChI is InChI=1S/C8H16N2O2S/c1-13(11,12)10-7-4-8(5-7)2-3-9-6-8/h7,9-10H,2-6H2,1H3/t7-,8-. The molecule has 0 amide bonds. The summed E-state index contributed by atoms with van der Waals surface area (Å²) in [6.07, 6.45) is 4.44. The maximum Gasteiger partial charge on any atom is 0.208 e. The van der Waals surface area contributed by atoms with Crippen molar-refractivity contribution in [1.29, 1.82) is 0 Å². The summed E-state index contributed by atoms with van der Waals surface area (Å²) in [4.78, 5) is 0. The second-order valence-corrected chi connectivity index (χ2v) is 6.20. The summed E-state index contributed by atoms with van der Waals surface area (Å²) in [6, 6.07) is 0.190. The first kappa shape index (κ1) is 9.43. The van der Waals surface area contributed by atoms with Gasteiger partial charge in [0, 0.05) is 12.6 Å². The van der Waals surface area contributed by atoms with E-state index in [-0.39, 0.29) is 6.04 Å². The minimum atomic E-state index is -3.00. The van der Waals surface area contributed by atoms with Gasteiger partial charge in [0.1, 0.15) is 0 Å². The van der Waals surface area contributed by atoms with Crippen LogP contribution in [0.4, 0.5) is 0 Å². The Labute approximate surface area is 79.1 Å². The molecule has 4 nitrogen and oxygen atoms in total. The fraction of sp³-hybridized carbons (Fsp3) is 1.00. The highest BCUT2D eigenvalue weighted by molar-refractivity contribution is 7.88. The molecule has 0 aromatic heterocycles. The van der Waals surface area contributed by atoms with Crippen molar-refractivity contribution in [3.05, 3.63) is 0 Å². The van der Waals surface area contributed by atoms with Gasteiger partial charge in [-0.05, 0) is 31.2 Å². The average molecular weight is 204 g/mol. The molecule has 0 radical (unpaired) electrons. The van der Waals surface area contributed by atoms with Crippen LogP contribution in [-0.2, 0) is 10.0 Å². The van der Waals surface area contributed by atoms with Gasteiger partial charge < -0.3 is 5.32 Å². The molecule has 1 aliphatic heterocycles. The molecule has 0 bridgehead atoms. The predicted molar refractivity (Wildman–Crippen MR) is 50.9 cm³/mol. The van der Waals surface area contributed by atoms with E-state index in [1.165, 1.54) is 12.7 Å². The summed E-state index contributed by atoms with van der Waals surface area (Å²) in [6.45, 7) is 2.15. The maximum absolute atomic E-state index is 10.9. The third-order valence-corrected chi connectivity index (χ3v) is 3.83. The number of sulfonamides is 1. The molecule has 5 heteroatoms. The number of rotatable bonds is 2. The second-order valence-electron chi connectivity index (χ2n) is 4.42. The van der Waals surface area contributed by atoms with Crippen LogP contribution in [0.1, 0.15) is 19.3 Å². The summed E-state index contributed by atoms with van der Waals surface area (Å²) < 4.78 is 24.5. The molecule has 1 aliphatic carbocycles. The monoisotopic (exact) mass is 204 g/mol. The van der Waals surface area contributed by atoms with Gasteiger partial charge >= 0.3 is 0 Å². The normalized spacial score (nSPS) is 39.3. The molecule has 13 heavy (non-hydrogen) atoms. The summed E-state index contributed by atoms with van der Waals surface area (Å²) in [5, 5.41) is 3.32. The van der Waals surface area contributed by atoms with Crippen LogP contribution in [0, 0.1) is 5.41 Å². The van der Waals surface area contributed by atoms with Crippen LogP contribution in [0.3, 0.4) is 0 Å². The van der Waals surface area contributed by atoms with Gasteiger partial charge in [-0.3, -0.25) is 0 Å².